The first kappa shape index (κ1) is 21.9. The summed E-state index contributed by atoms with van der Waals surface area (Å²) in [7, 11) is 0. The van der Waals surface area contributed by atoms with E-state index in [9.17, 15) is 9.59 Å². The quantitative estimate of drug-likeness (QED) is 0.333. The van der Waals surface area contributed by atoms with Gasteiger partial charge >= 0.3 is 0 Å². The highest BCUT2D eigenvalue weighted by atomic mass is 32.2. The Labute approximate surface area is 196 Å². The summed E-state index contributed by atoms with van der Waals surface area (Å²) >= 11 is 1.47. The minimum Gasteiger partial charge on any atom is -0.309 e. The van der Waals surface area contributed by atoms with Gasteiger partial charge in [0, 0.05) is 6.04 Å². The van der Waals surface area contributed by atoms with E-state index < -0.39 is 0 Å². The molecule has 33 heavy (non-hydrogen) atoms. The van der Waals surface area contributed by atoms with Crippen LogP contribution in [0.1, 0.15) is 50.5 Å². The average Bonchev–Trinajstić information content (AvgIpc) is 2.81. The second-order valence-corrected chi connectivity index (χ2v) is 10.1. The minimum absolute atomic E-state index is 0.0184. The van der Waals surface area contributed by atoms with Gasteiger partial charge in [0.15, 0.2) is 5.16 Å². The summed E-state index contributed by atoms with van der Waals surface area (Å²) in [4.78, 5) is 38.8. The fourth-order valence-electron chi connectivity index (χ4n) is 4.99. The summed E-state index contributed by atoms with van der Waals surface area (Å²) in [6.07, 6.45) is 3.28. The maximum Gasteiger partial charge on any atom is 0.262 e. The van der Waals surface area contributed by atoms with Crippen molar-refractivity contribution in [3.63, 3.8) is 0 Å². The van der Waals surface area contributed by atoms with E-state index in [4.69, 9.17) is 9.97 Å². The lowest BCUT2D eigenvalue weighted by atomic mass is 9.78. The first-order valence-corrected chi connectivity index (χ1v) is 12.5. The van der Waals surface area contributed by atoms with Crippen LogP contribution >= 0.6 is 11.8 Å². The first-order valence-electron chi connectivity index (χ1n) is 11.6. The van der Waals surface area contributed by atoms with Crippen LogP contribution in [-0.4, -0.2) is 19.5 Å². The Kier molecular flexibility index (Phi) is 5.83. The summed E-state index contributed by atoms with van der Waals surface area (Å²) in [6, 6.07) is 13.3. The van der Waals surface area contributed by atoms with E-state index >= 15 is 0 Å². The van der Waals surface area contributed by atoms with Gasteiger partial charge in [0.2, 0.25) is 0 Å². The molecule has 3 atom stereocenters. The lowest BCUT2D eigenvalue weighted by Gasteiger charge is -2.36. The maximum atomic E-state index is 13.6. The van der Waals surface area contributed by atoms with Crippen molar-refractivity contribution in [2.45, 2.75) is 57.0 Å². The Morgan fingerprint density at radius 1 is 1.03 bits per heavy atom. The molecule has 0 aliphatic heterocycles. The summed E-state index contributed by atoms with van der Waals surface area (Å²) < 4.78 is 1.91. The predicted octanol–water partition coefficient (Wildman–Crippen LogP) is 5.23. The van der Waals surface area contributed by atoms with E-state index in [1.807, 2.05) is 47.9 Å². The number of aromatic nitrogens is 4. The second kappa shape index (κ2) is 8.78. The van der Waals surface area contributed by atoms with Crippen molar-refractivity contribution in [1.29, 1.82) is 0 Å². The number of rotatable bonds is 4. The van der Waals surface area contributed by atoms with Gasteiger partial charge in [0.1, 0.15) is 5.82 Å². The standard InChI is InChI=1S/C26H28N4O2S/c1-15-8-7-13-21(17(15)3)30-25(32)18-10-4-5-12-20(18)27-26(30)33-14-22-28-23-16(2)9-6-11-19(23)24(31)29-22/h4-6,9-12,15,17,21H,7-8,13-14H2,1-3H3,(H,28,29,31). The molecule has 1 saturated carbocycles. The number of para-hydroxylation sites is 2. The van der Waals surface area contributed by atoms with Gasteiger partial charge in [0.25, 0.3) is 11.1 Å². The van der Waals surface area contributed by atoms with Gasteiger partial charge < -0.3 is 4.98 Å². The smallest absolute Gasteiger partial charge is 0.262 e. The fourth-order valence-corrected chi connectivity index (χ4v) is 5.91. The SMILES string of the molecule is Cc1cccc2c(=O)[nH]c(CSc3nc4ccccc4c(=O)n3C3CCCC(C)C3C)nc12. The predicted molar refractivity (Wildman–Crippen MR) is 134 cm³/mol. The highest BCUT2D eigenvalue weighted by molar-refractivity contribution is 7.98. The van der Waals surface area contributed by atoms with Crippen LogP contribution in [0.4, 0.5) is 0 Å². The number of nitrogens with zero attached hydrogens (tertiary/aromatic N) is 3. The monoisotopic (exact) mass is 460 g/mol. The number of hydrogen-bond acceptors (Lipinski definition) is 5. The normalized spacial score (nSPS) is 21.0. The molecule has 0 bridgehead atoms. The zero-order valence-electron chi connectivity index (χ0n) is 19.2. The Hall–Kier alpha value is -2.93. The molecule has 0 saturated heterocycles. The Morgan fingerprint density at radius 3 is 2.67 bits per heavy atom. The average molecular weight is 461 g/mol. The van der Waals surface area contributed by atoms with Gasteiger partial charge in [0.05, 0.1) is 27.6 Å². The van der Waals surface area contributed by atoms with E-state index in [0.717, 1.165) is 23.9 Å². The highest BCUT2D eigenvalue weighted by Gasteiger charge is 2.31. The lowest BCUT2D eigenvalue weighted by Crippen LogP contribution is -2.35. The van der Waals surface area contributed by atoms with Crippen LogP contribution in [0.5, 0.6) is 0 Å². The molecule has 170 valence electrons. The molecule has 2 aromatic carbocycles. The Balaban J connectivity index is 1.58. The summed E-state index contributed by atoms with van der Waals surface area (Å²) in [5, 5.41) is 1.94. The summed E-state index contributed by atoms with van der Waals surface area (Å²) in [5.74, 6) is 1.97. The third kappa shape index (κ3) is 3.99. The summed E-state index contributed by atoms with van der Waals surface area (Å²) in [5.41, 5.74) is 2.27. The molecule has 5 rings (SSSR count). The number of nitrogens with one attached hydrogen (secondary N) is 1. The van der Waals surface area contributed by atoms with Crippen LogP contribution in [0.25, 0.3) is 21.8 Å². The molecule has 2 aromatic heterocycles. The highest BCUT2D eigenvalue weighted by Crippen LogP contribution is 2.39. The van der Waals surface area contributed by atoms with E-state index in [1.165, 1.54) is 18.2 Å². The van der Waals surface area contributed by atoms with Crippen molar-refractivity contribution in [2.75, 3.05) is 0 Å². The molecule has 0 spiro atoms. The number of H-pyrrole nitrogens is 1. The van der Waals surface area contributed by atoms with Crippen molar-refractivity contribution in [3.8, 4) is 0 Å². The molecular weight excluding hydrogens is 432 g/mol. The molecule has 1 fully saturated rings. The number of aryl methyl sites for hydroxylation is 1. The maximum absolute atomic E-state index is 13.6. The van der Waals surface area contributed by atoms with Crippen LogP contribution in [0, 0.1) is 18.8 Å². The van der Waals surface area contributed by atoms with Crippen molar-refractivity contribution in [3.05, 3.63) is 74.6 Å². The van der Waals surface area contributed by atoms with Crippen molar-refractivity contribution in [2.24, 2.45) is 11.8 Å². The van der Waals surface area contributed by atoms with Gasteiger partial charge in [-0.3, -0.25) is 14.2 Å². The van der Waals surface area contributed by atoms with E-state index in [1.54, 1.807) is 6.07 Å². The zero-order valence-corrected chi connectivity index (χ0v) is 20.0. The van der Waals surface area contributed by atoms with Crippen LogP contribution in [0.15, 0.2) is 57.2 Å². The molecule has 1 aliphatic rings. The molecule has 0 radical (unpaired) electrons. The van der Waals surface area contributed by atoms with Crippen LogP contribution < -0.4 is 11.1 Å². The number of fused-ring (bicyclic) bond motifs is 2. The van der Waals surface area contributed by atoms with Crippen LogP contribution in [0.3, 0.4) is 0 Å². The third-order valence-corrected chi connectivity index (χ3v) is 8.06. The van der Waals surface area contributed by atoms with E-state index in [2.05, 4.69) is 18.8 Å². The molecule has 0 amide bonds. The van der Waals surface area contributed by atoms with Gasteiger partial charge in [-0.15, -0.1) is 0 Å². The van der Waals surface area contributed by atoms with Crippen molar-refractivity contribution < 1.29 is 0 Å². The second-order valence-electron chi connectivity index (χ2n) is 9.19. The van der Waals surface area contributed by atoms with E-state index in [0.29, 0.717) is 44.9 Å². The zero-order chi connectivity index (χ0) is 23.1. The van der Waals surface area contributed by atoms with E-state index in [-0.39, 0.29) is 17.2 Å². The number of aromatic amines is 1. The number of thioether (sulfide) groups is 1. The van der Waals surface area contributed by atoms with Gasteiger partial charge in [-0.05, 0) is 48.9 Å². The number of benzene rings is 2. The van der Waals surface area contributed by atoms with Crippen molar-refractivity contribution in [1.82, 2.24) is 19.5 Å². The van der Waals surface area contributed by atoms with Gasteiger partial charge in [-0.2, -0.15) is 0 Å². The van der Waals surface area contributed by atoms with Gasteiger partial charge in [-0.1, -0.05) is 62.7 Å². The Morgan fingerprint density at radius 2 is 1.82 bits per heavy atom. The minimum atomic E-state index is -0.141. The van der Waals surface area contributed by atoms with Crippen LogP contribution in [0.2, 0.25) is 0 Å². The van der Waals surface area contributed by atoms with Crippen LogP contribution in [-0.2, 0) is 5.75 Å². The molecule has 1 N–H and O–H groups in total. The molecule has 3 unspecified atom stereocenters. The third-order valence-electron chi connectivity index (χ3n) is 7.10. The Bertz CT molecular complexity index is 1460. The molecule has 6 nitrogen and oxygen atoms in total. The van der Waals surface area contributed by atoms with Gasteiger partial charge in [-0.25, -0.2) is 9.97 Å². The molecular formula is C26H28N4O2S. The largest absolute Gasteiger partial charge is 0.309 e. The van der Waals surface area contributed by atoms with Crippen molar-refractivity contribution >= 4 is 33.6 Å². The number of hydrogen-bond donors (Lipinski definition) is 1. The summed E-state index contributed by atoms with van der Waals surface area (Å²) in [6.45, 7) is 6.48. The molecule has 2 heterocycles. The molecule has 7 heteroatoms. The lowest BCUT2D eigenvalue weighted by molar-refractivity contribution is 0.173. The first-order chi connectivity index (χ1) is 15.9. The molecule has 4 aromatic rings. The fraction of sp³-hybridized carbons (Fsp3) is 0.385. The topological polar surface area (TPSA) is 80.6 Å². The molecule has 1 aliphatic carbocycles.